The van der Waals surface area contributed by atoms with E-state index in [0.717, 1.165) is 19.6 Å². The van der Waals surface area contributed by atoms with Gasteiger partial charge in [-0.05, 0) is 46.2 Å². The summed E-state index contributed by atoms with van der Waals surface area (Å²) in [7, 11) is 0. The predicted molar refractivity (Wildman–Crippen MR) is 101 cm³/mol. The van der Waals surface area contributed by atoms with Crippen molar-refractivity contribution in [1.29, 1.82) is 0 Å². The maximum Gasteiger partial charge on any atom is 0.324 e. The third-order valence-electron chi connectivity index (χ3n) is 5.23. The minimum absolute atomic E-state index is 0.0446. The first-order chi connectivity index (χ1) is 12.4. The highest BCUT2D eigenvalue weighted by atomic mass is 16.2. The molecule has 0 unspecified atom stereocenters. The number of hydrogen-bond donors (Lipinski definition) is 1. The number of hydrogen-bond acceptors (Lipinski definition) is 4. The standard InChI is InChI=1S/C19H34N4O3/c1-4-9-23-18(25)16(20-19(23)26)14-17(24)22(15(2)3)13-12-21-10-7-5-6-8-11-21/h15-16H,4-14H2,1-3H3,(H,20,26)/t16-/m0/s1. The molecule has 2 saturated heterocycles. The average Bonchev–Trinajstić information content (AvgIpc) is 2.78. The highest BCUT2D eigenvalue weighted by Gasteiger charge is 2.39. The van der Waals surface area contributed by atoms with Crippen LogP contribution in [0.15, 0.2) is 0 Å². The summed E-state index contributed by atoms with van der Waals surface area (Å²) in [5, 5.41) is 2.66. The SMILES string of the molecule is CCCN1C(=O)N[C@@H](CC(=O)N(CCN2CCCCCC2)C(C)C)C1=O. The molecule has 2 aliphatic rings. The van der Waals surface area contributed by atoms with Crippen LogP contribution in [0, 0.1) is 0 Å². The first-order valence-electron chi connectivity index (χ1n) is 10.1. The Morgan fingerprint density at radius 3 is 2.38 bits per heavy atom. The van der Waals surface area contributed by atoms with Crippen molar-refractivity contribution >= 4 is 17.8 Å². The number of imide groups is 1. The average molecular weight is 367 g/mol. The number of urea groups is 1. The molecule has 0 aromatic carbocycles. The number of amides is 4. The van der Waals surface area contributed by atoms with E-state index in [4.69, 9.17) is 0 Å². The lowest BCUT2D eigenvalue weighted by Gasteiger charge is -2.30. The second-order valence-electron chi connectivity index (χ2n) is 7.63. The fraction of sp³-hybridized carbons (Fsp3) is 0.842. The van der Waals surface area contributed by atoms with Crippen molar-refractivity contribution in [2.24, 2.45) is 0 Å². The van der Waals surface area contributed by atoms with Crippen molar-refractivity contribution in [3.8, 4) is 0 Å². The molecule has 0 aliphatic carbocycles. The monoisotopic (exact) mass is 366 g/mol. The van der Waals surface area contributed by atoms with Crippen LogP contribution < -0.4 is 5.32 Å². The lowest BCUT2D eigenvalue weighted by molar-refractivity contribution is -0.137. The largest absolute Gasteiger partial charge is 0.339 e. The van der Waals surface area contributed by atoms with E-state index >= 15 is 0 Å². The zero-order valence-corrected chi connectivity index (χ0v) is 16.5. The molecular formula is C19H34N4O3. The maximum atomic E-state index is 12.8. The summed E-state index contributed by atoms with van der Waals surface area (Å²) in [6, 6.07) is -1.02. The fourth-order valence-corrected chi connectivity index (χ4v) is 3.72. The van der Waals surface area contributed by atoms with Crippen molar-refractivity contribution in [1.82, 2.24) is 20.0 Å². The van der Waals surface area contributed by atoms with E-state index in [-0.39, 0.29) is 30.3 Å². The molecule has 4 amide bonds. The summed E-state index contributed by atoms with van der Waals surface area (Å²) in [6.07, 6.45) is 5.80. The minimum atomic E-state index is -0.721. The van der Waals surface area contributed by atoms with Crippen molar-refractivity contribution in [3.63, 3.8) is 0 Å². The third-order valence-corrected chi connectivity index (χ3v) is 5.23. The summed E-state index contributed by atoms with van der Waals surface area (Å²) in [5.74, 6) is -0.340. The molecule has 26 heavy (non-hydrogen) atoms. The van der Waals surface area contributed by atoms with Crippen molar-refractivity contribution in [2.75, 3.05) is 32.7 Å². The van der Waals surface area contributed by atoms with Crippen molar-refractivity contribution < 1.29 is 14.4 Å². The van der Waals surface area contributed by atoms with Crippen LogP contribution in [-0.2, 0) is 9.59 Å². The number of likely N-dealkylation sites (tertiary alicyclic amines) is 1. The first-order valence-corrected chi connectivity index (χ1v) is 10.1. The van der Waals surface area contributed by atoms with Crippen LogP contribution in [0.5, 0.6) is 0 Å². The van der Waals surface area contributed by atoms with Crippen molar-refractivity contribution in [3.05, 3.63) is 0 Å². The van der Waals surface area contributed by atoms with Gasteiger partial charge in [-0.3, -0.25) is 14.5 Å². The Morgan fingerprint density at radius 2 is 1.81 bits per heavy atom. The third kappa shape index (κ3) is 5.43. The van der Waals surface area contributed by atoms with Gasteiger partial charge in [0.15, 0.2) is 0 Å². The number of carbonyl (C=O) groups excluding carboxylic acids is 3. The second-order valence-corrected chi connectivity index (χ2v) is 7.63. The van der Waals surface area contributed by atoms with E-state index in [0.29, 0.717) is 19.5 Å². The first kappa shape index (κ1) is 20.7. The lowest BCUT2D eigenvalue weighted by atomic mass is 10.1. The molecule has 2 fully saturated rings. The highest BCUT2D eigenvalue weighted by Crippen LogP contribution is 2.14. The van der Waals surface area contributed by atoms with Gasteiger partial charge in [0.25, 0.3) is 5.91 Å². The Kier molecular flexibility index (Phi) is 7.87. The van der Waals surface area contributed by atoms with Gasteiger partial charge in [0.05, 0.1) is 6.42 Å². The fourth-order valence-electron chi connectivity index (χ4n) is 3.72. The van der Waals surface area contributed by atoms with E-state index < -0.39 is 6.04 Å². The number of rotatable bonds is 8. The Bertz CT molecular complexity index is 501. The van der Waals surface area contributed by atoms with Crippen LogP contribution in [0.1, 0.15) is 59.3 Å². The summed E-state index contributed by atoms with van der Waals surface area (Å²) in [5.41, 5.74) is 0. The van der Waals surface area contributed by atoms with Gasteiger partial charge in [0.1, 0.15) is 6.04 Å². The van der Waals surface area contributed by atoms with E-state index in [1.807, 2.05) is 25.7 Å². The van der Waals surface area contributed by atoms with Crippen LogP contribution in [0.2, 0.25) is 0 Å². The molecule has 2 heterocycles. The van der Waals surface area contributed by atoms with Gasteiger partial charge < -0.3 is 15.1 Å². The number of carbonyl (C=O) groups is 3. The molecule has 148 valence electrons. The molecule has 0 spiro atoms. The summed E-state index contributed by atoms with van der Waals surface area (Å²) in [6.45, 7) is 10.1. The molecule has 7 nitrogen and oxygen atoms in total. The van der Waals surface area contributed by atoms with E-state index in [1.165, 1.54) is 30.6 Å². The molecule has 1 atom stereocenters. The van der Waals surface area contributed by atoms with Crippen LogP contribution in [0.25, 0.3) is 0 Å². The van der Waals surface area contributed by atoms with Gasteiger partial charge >= 0.3 is 6.03 Å². The van der Waals surface area contributed by atoms with Crippen LogP contribution >= 0.6 is 0 Å². The smallest absolute Gasteiger partial charge is 0.324 e. The van der Waals surface area contributed by atoms with E-state index in [2.05, 4.69) is 10.2 Å². The second kappa shape index (κ2) is 9.90. The molecule has 0 bridgehead atoms. The molecule has 0 aromatic rings. The molecule has 0 saturated carbocycles. The highest BCUT2D eigenvalue weighted by molar-refractivity contribution is 6.05. The Balaban J connectivity index is 1.89. The van der Waals surface area contributed by atoms with Gasteiger partial charge in [-0.1, -0.05) is 19.8 Å². The number of nitrogens with zero attached hydrogens (tertiary/aromatic N) is 3. The van der Waals surface area contributed by atoms with Gasteiger partial charge in [0, 0.05) is 25.7 Å². The summed E-state index contributed by atoms with van der Waals surface area (Å²) in [4.78, 5) is 42.5. The van der Waals surface area contributed by atoms with E-state index in [1.54, 1.807) is 0 Å². The molecule has 7 heteroatoms. The van der Waals surface area contributed by atoms with Crippen LogP contribution in [0.3, 0.4) is 0 Å². The van der Waals surface area contributed by atoms with Crippen molar-refractivity contribution in [2.45, 2.75) is 71.4 Å². The normalized spacial score (nSPS) is 21.8. The molecule has 2 rings (SSSR count). The molecule has 0 aromatic heterocycles. The Labute approximate surface area is 157 Å². The summed E-state index contributed by atoms with van der Waals surface area (Å²) < 4.78 is 0. The van der Waals surface area contributed by atoms with Gasteiger partial charge in [-0.2, -0.15) is 0 Å². The minimum Gasteiger partial charge on any atom is -0.339 e. The predicted octanol–water partition coefficient (Wildman–Crippen LogP) is 1.82. The topological polar surface area (TPSA) is 73.0 Å². The molecule has 2 aliphatic heterocycles. The zero-order chi connectivity index (χ0) is 19.1. The van der Waals surface area contributed by atoms with Gasteiger partial charge in [-0.25, -0.2) is 4.79 Å². The molecule has 0 radical (unpaired) electrons. The molecular weight excluding hydrogens is 332 g/mol. The van der Waals surface area contributed by atoms with Gasteiger partial charge in [-0.15, -0.1) is 0 Å². The number of nitrogens with one attached hydrogen (secondary N) is 1. The maximum absolute atomic E-state index is 12.8. The van der Waals surface area contributed by atoms with E-state index in [9.17, 15) is 14.4 Å². The van der Waals surface area contributed by atoms with Crippen LogP contribution in [-0.4, -0.2) is 77.4 Å². The lowest BCUT2D eigenvalue weighted by Crippen LogP contribution is -2.45. The zero-order valence-electron chi connectivity index (χ0n) is 16.5. The van der Waals surface area contributed by atoms with Gasteiger partial charge in [0.2, 0.25) is 5.91 Å². The molecule has 1 N–H and O–H groups in total. The van der Waals surface area contributed by atoms with Crippen LogP contribution in [0.4, 0.5) is 4.79 Å². The summed E-state index contributed by atoms with van der Waals surface area (Å²) >= 11 is 0. The Morgan fingerprint density at radius 1 is 1.15 bits per heavy atom. The quantitative estimate of drug-likeness (QED) is 0.665. The Hall–Kier alpha value is -1.63.